The number of aromatic nitrogens is 1. The Labute approximate surface area is 197 Å². The zero-order valence-corrected chi connectivity index (χ0v) is 20.3. The lowest BCUT2D eigenvalue weighted by molar-refractivity contribution is -0.133. The minimum atomic E-state index is -0.961. The number of carbonyl (C=O) groups excluding carboxylic acids is 2. The molecule has 180 valence electrons. The first-order valence-corrected chi connectivity index (χ1v) is 12.6. The summed E-state index contributed by atoms with van der Waals surface area (Å²) in [6, 6.07) is 7.72. The van der Waals surface area contributed by atoms with Gasteiger partial charge in [-0.15, -0.1) is 0 Å². The molecule has 2 amide bonds. The molecule has 1 aliphatic heterocycles. The van der Waals surface area contributed by atoms with Crippen LogP contribution in [-0.4, -0.2) is 63.9 Å². The van der Waals surface area contributed by atoms with Crippen molar-refractivity contribution >= 4 is 11.8 Å². The quantitative estimate of drug-likeness (QED) is 0.586. The van der Waals surface area contributed by atoms with Gasteiger partial charge in [0.05, 0.1) is 18.5 Å². The molecular formula is C26H38N4O3. The highest BCUT2D eigenvalue weighted by Crippen LogP contribution is 2.33. The van der Waals surface area contributed by atoms with E-state index in [-0.39, 0.29) is 17.9 Å². The third-order valence-electron chi connectivity index (χ3n) is 7.37. The summed E-state index contributed by atoms with van der Waals surface area (Å²) in [5.41, 5.74) is 0.488. The van der Waals surface area contributed by atoms with Crippen molar-refractivity contribution in [3.63, 3.8) is 0 Å². The van der Waals surface area contributed by atoms with Crippen molar-refractivity contribution in [1.82, 2.24) is 19.7 Å². The lowest BCUT2D eigenvalue weighted by Crippen LogP contribution is -2.65. The Kier molecular flexibility index (Phi) is 7.27. The molecule has 3 heterocycles. The molecule has 0 bridgehead atoms. The monoisotopic (exact) mass is 454 g/mol. The van der Waals surface area contributed by atoms with E-state index in [0.717, 1.165) is 63.9 Å². The molecule has 1 aliphatic carbocycles. The minimum Gasteiger partial charge on any atom is -0.463 e. The maximum atomic E-state index is 13.7. The Morgan fingerprint density at radius 1 is 1.18 bits per heavy atom. The Morgan fingerprint density at radius 3 is 2.61 bits per heavy atom. The van der Waals surface area contributed by atoms with Crippen LogP contribution in [0.25, 0.3) is 11.5 Å². The number of hydrogen-bond acceptors (Lipinski definition) is 4. The van der Waals surface area contributed by atoms with Gasteiger partial charge in [0, 0.05) is 19.1 Å². The molecule has 0 saturated heterocycles. The second kappa shape index (κ2) is 10.2. The zero-order valence-electron chi connectivity index (χ0n) is 20.3. The molecule has 0 spiro atoms. The highest BCUT2D eigenvalue weighted by atomic mass is 16.3. The zero-order chi connectivity index (χ0) is 23.4. The van der Waals surface area contributed by atoms with Gasteiger partial charge in [0.25, 0.3) is 5.91 Å². The van der Waals surface area contributed by atoms with Gasteiger partial charge >= 0.3 is 0 Å². The van der Waals surface area contributed by atoms with Crippen LogP contribution in [0.15, 0.2) is 34.9 Å². The second-order valence-corrected chi connectivity index (χ2v) is 9.64. The molecule has 7 heteroatoms. The van der Waals surface area contributed by atoms with Crippen molar-refractivity contribution in [2.45, 2.75) is 77.4 Å². The number of unbranched alkanes of at least 4 members (excludes halogenated alkanes) is 1. The van der Waals surface area contributed by atoms with E-state index in [0.29, 0.717) is 24.5 Å². The summed E-state index contributed by atoms with van der Waals surface area (Å²) in [7, 11) is 0. The maximum Gasteiger partial charge on any atom is 0.271 e. The summed E-state index contributed by atoms with van der Waals surface area (Å²) in [6.07, 6.45) is 8.25. The molecule has 1 N–H and O–H groups in total. The first-order valence-electron chi connectivity index (χ1n) is 12.6. The summed E-state index contributed by atoms with van der Waals surface area (Å²) in [5, 5.41) is 3.27. The minimum absolute atomic E-state index is 0.0518. The lowest BCUT2D eigenvalue weighted by atomic mass is 9.94. The number of carbonyl (C=O) groups is 2. The molecule has 2 aromatic rings. The van der Waals surface area contributed by atoms with Crippen LogP contribution in [0.4, 0.5) is 0 Å². The normalized spacial score (nSPS) is 21.1. The smallest absolute Gasteiger partial charge is 0.271 e. The number of hydrogen-bond donors (Lipinski definition) is 1. The molecule has 0 unspecified atom stereocenters. The number of likely N-dealkylation sites (N-methyl/N-ethyl adjacent to an activating group) is 1. The van der Waals surface area contributed by atoms with Crippen LogP contribution in [0.1, 0.15) is 69.8 Å². The molecule has 7 nitrogen and oxygen atoms in total. The second-order valence-electron chi connectivity index (χ2n) is 9.64. The summed E-state index contributed by atoms with van der Waals surface area (Å²) in [5.74, 6) is 0.566. The van der Waals surface area contributed by atoms with Crippen LogP contribution in [-0.2, 0) is 11.3 Å². The highest BCUT2D eigenvalue weighted by Gasteiger charge is 2.48. The fourth-order valence-electron chi connectivity index (χ4n) is 5.22. The first kappa shape index (κ1) is 23.6. The van der Waals surface area contributed by atoms with Gasteiger partial charge in [-0.05, 0) is 63.5 Å². The molecule has 0 radical (unpaired) electrons. The van der Waals surface area contributed by atoms with Crippen LogP contribution in [0.2, 0.25) is 0 Å². The molecular weight excluding hydrogens is 416 g/mol. The van der Waals surface area contributed by atoms with E-state index in [1.165, 1.54) is 0 Å². The van der Waals surface area contributed by atoms with Crippen molar-refractivity contribution < 1.29 is 14.0 Å². The highest BCUT2D eigenvalue weighted by molar-refractivity contribution is 6.00. The number of nitrogens with zero attached hydrogens (tertiary/aromatic N) is 3. The van der Waals surface area contributed by atoms with Gasteiger partial charge in [-0.3, -0.25) is 9.59 Å². The van der Waals surface area contributed by atoms with E-state index >= 15 is 0 Å². The largest absolute Gasteiger partial charge is 0.463 e. The molecule has 1 atom stereocenters. The molecule has 4 rings (SSSR count). The van der Waals surface area contributed by atoms with Crippen LogP contribution >= 0.6 is 0 Å². The number of amides is 2. The number of nitrogens with one attached hydrogen (secondary N) is 1. The van der Waals surface area contributed by atoms with Crippen LogP contribution in [0, 0.1) is 0 Å². The van der Waals surface area contributed by atoms with Crippen LogP contribution in [0.5, 0.6) is 0 Å². The van der Waals surface area contributed by atoms with Gasteiger partial charge in [0.1, 0.15) is 17.0 Å². The molecule has 0 aromatic carbocycles. The molecule has 1 saturated carbocycles. The van der Waals surface area contributed by atoms with Crippen LogP contribution < -0.4 is 5.32 Å². The Morgan fingerprint density at radius 2 is 1.94 bits per heavy atom. The fourth-order valence-corrected chi connectivity index (χ4v) is 5.22. The number of rotatable bonds is 10. The van der Waals surface area contributed by atoms with Crippen molar-refractivity contribution in [1.29, 1.82) is 0 Å². The van der Waals surface area contributed by atoms with Gasteiger partial charge in [-0.1, -0.05) is 33.1 Å². The summed E-state index contributed by atoms with van der Waals surface area (Å²) in [6.45, 7) is 9.93. The Hall–Kier alpha value is -2.54. The maximum absolute atomic E-state index is 13.7. The van der Waals surface area contributed by atoms with E-state index in [1.54, 1.807) is 6.26 Å². The molecule has 2 aromatic heterocycles. The third kappa shape index (κ3) is 4.74. The van der Waals surface area contributed by atoms with E-state index in [2.05, 4.69) is 24.1 Å². The average Bonchev–Trinajstić information content (AvgIpc) is 3.57. The topological polar surface area (TPSA) is 70.7 Å². The summed E-state index contributed by atoms with van der Waals surface area (Å²) >= 11 is 0. The van der Waals surface area contributed by atoms with Crippen molar-refractivity contribution in [3.05, 3.63) is 36.2 Å². The van der Waals surface area contributed by atoms with E-state index in [1.807, 2.05) is 40.7 Å². The van der Waals surface area contributed by atoms with Gasteiger partial charge in [0.15, 0.2) is 0 Å². The lowest BCUT2D eigenvalue weighted by Gasteiger charge is -2.45. The Balaban J connectivity index is 1.63. The van der Waals surface area contributed by atoms with Gasteiger partial charge in [-0.25, -0.2) is 0 Å². The first-order chi connectivity index (χ1) is 16.0. The average molecular weight is 455 g/mol. The SMILES string of the molecule is CCCCN(CC)CCN1C(=O)c2ccc(-c3ccco3)n2C[C@@]1(C)C(=O)NC1CCCC1. The van der Waals surface area contributed by atoms with Crippen molar-refractivity contribution in [3.8, 4) is 11.5 Å². The molecule has 1 fully saturated rings. The predicted molar refractivity (Wildman–Crippen MR) is 129 cm³/mol. The number of furan rings is 1. The van der Waals surface area contributed by atoms with E-state index < -0.39 is 5.54 Å². The summed E-state index contributed by atoms with van der Waals surface area (Å²) in [4.78, 5) is 31.6. The van der Waals surface area contributed by atoms with Gasteiger partial charge in [-0.2, -0.15) is 0 Å². The van der Waals surface area contributed by atoms with E-state index in [9.17, 15) is 9.59 Å². The number of fused-ring (bicyclic) bond motifs is 1. The molecule has 33 heavy (non-hydrogen) atoms. The predicted octanol–water partition coefficient (Wildman–Crippen LogP) is 4.14. The fraction of sp³-hybridized carbons (Fsp3) is 0.615. The van der Waals surface area contributed by atoms with Crippen LogP contribution in [0.3, 0.4) is 0 Å². The van der Waals surface area contributed by atoms with Crippen molar-refractivity contribution in [2.24, 2.45) is 0 Å². The Bertz CT molecular complexity index is 945. The van der Waals surface area contributed by atoms with Gasteiger partial charge in [0.2, 0.25) is 5.91 Å². The van der Waals surface area contributed by atoms with Gasteiger partial charge < -0.3 is 24.1 Å². The molecule has 2 aliphatic rings. The third-order valence-corrected chi connectivity index (χ3v) is 7.37. The summed E-state index contributed by atoms with van der Waals surface area (Å²) < 4.78 is 7.58. The standard InChI is InChI=1S/C26H38N4O3/c1-4-6-15-28(5-2)16-17-30-24(31)22-14-13-21(23-12-9-18-33-23)29(22)19-26(30,3)25(32)27-20-10-7-8-11-20/h9,12-14,18,20H,4-8,10-11,15-17,19H2,1-3H3,(H,27,32)/t26-/m0/s1. The van der Waals surface area contributed by atoms with Crippen molar-refractivity contribution in [2.75, 3.05) is 26.2 Å². The van der Waals surface area contributed by atoms with E-state index in [4.69, 9.17) is 4.42 Å².